The first-order chi connectivity index (χ1) is 16.0. The molecule has 33 heavy (non-hydrogen) atoms. The lowest BCUT2D eigenvalue weighted by molar-refractivity contribution is -0.331. The first-order valence-electron chi connectivity index (χ1n) is 10.2. The van der Waals surface area contributed by atoms with E-state index in [1.54, 1.807) is 48.5 Å². The van der Waals surface area contributed by atoms with Gasteiger partial charge in [-0.05, 0) is 53.0 Å². The lowest BCUT2D eigenvalue weighted by atomic mass is 10.2. The molecule has 5 aromatic rings. The van der Waals surface area contributed by atoms with Gasteiger partial charge in [-0.15, -0.1) is 0 Å². The molecule has 2 N–H and O–H groups in total. The van der Waals surface area contributed by atoms with Crippen molar-refractivity contribution >= 4 is 28.1 Å². The second-order valence-corrected chi connectivity index (χ2v) is 7.38. The van der Waals surface area contributed by atoms with E-state index in [0.717, 1.165) is 0 Å². The molecule has 0 saturated carbocycles. The van der Waals surface area contributed by atoms with Crippen molar-refractivity contribution in [2.45, 2.75) is 6.54 Å². The molecule has 2 aromatic heterocycles. The Morgan fingerprint density at radius 3 is 2.58 bits per heavy atom. The number of benzene rings is 3. The zero-order valence-electron chi connectivity index (χ0n) is 17.6. The van der Waals surface area contributed by atoms with E-state index in [1.165, 1.54) is 28.3 Å². The van der Waals surface area contributed by atoms with Crippen LogP contribution in [0.3, 0.4) is 0 Å². The fourth-order valence-corrected chi connectivity index (χ4v) is 3.76. The van der Waals surface area contributed by atoms with Crippen molar-refractivity contribution in [1.29, 1.82) is 0 Å². The van der Waals surface area contributed by atoms with Gasteiger partial charge in [0, 0.05) is 0 Å². The summed E-state index contributed by atoms with van der Waals surface area (Å²) < 4.78 is 21.2. The van der Waals surface area contributed by atoms with Crippen molar-refractivity contribution in [3.05, 3.63) is 89.1 Å². The monoisotopic (exact) mass is 444 g/mol. The maximum absolute atomic E-state index is 13.3. The van der Waals surface area contributed by atoms with Crippen LogP contribution in [0.15, 0.2) is 77.6 Å². The van der Waals surface area contributed by atoms with Crippen LogP contribution in [0.25, 0.3) is 27.9 Å². The van der Waals surface area contributed by atoms with Crippen molar-refractivity contribution in [3.63, 3.8) is 0 Å². The minimum Gasteiger partial charge on any atom is -0.495 e. The number of rotatable bonds is 5. The number of nitrogens with one attached hydrogen (secondary N) is 2. The molecule has 9 heteroatoms. The number of para-hydroxylation sites is 3. The van der Waals surface area contributed by atoms with Crippen molar-refractivity contribution < 1.29 is 18.9 Å². The Labute approximate surface area is 186 Å². The summed E-state index contributed by atoms with van der Waals surface area (Å²) in [4.78, 5) is 29.3. The molecular weight excluding hydrogens is 425 g/mol. The van der Waals surface area contributed by atoms with Gasteiger partial charge in [0.2, 0.25) is 5.91 Å². The first-order valence-corrected chi connectivity index (χ1v) is 10.2. The Kier molecular flexibility index (Phi) is 5.06. The van der Waals surface area contributed by atoms with Crippen LogP contribution in [-0.2, 0) is 11.3 Å². The van der Waals surface area contributed by atoms with Crippen LogP contribution in [-0.4, -0.2) is 27.2 Å². The van der Waals surface area contributed by atoms with Gasteiger partial charge in [0.05, 0.1) is 34.4 Å². The van der Waals surface area contributed by atoms with Gasteiger partial charge in [0.1, 0.15) is 18.1 Å². The molecule has 0 unspecified atom stereocenters. The molecular formula is C24H19FN5O3+. The number of anilines is 1. The summed E-state index contributed by atoms with van der Waals surface area (Å²) in [5, 5.41) is 7.90. The van der Waals surface area contributed by atoms with E-state index < -0.39 is 5.69 Å². The standard InChI is InChI=1S/C24H18FN5O3/c1-33-20-9-5-3-7-18(20)26-21(31)14-29-19-8-4-2-6-17(19)23-27-22(28-30(23)24(29)32)15-10-12-16(25)13-11-15/h2-13H,14H2,1H3,(H,26,31)/p+1. The predicted octanol–water partition coefficient (Wildman–Crippen LogP) is 2.92. The number of aromatic nitrogens is 4. The molecule has 0 bridgehead atoms. The highest BCUT2D eigenvalue weighted by Gasteiger charge is 2.23. The Hall–Kier alpha value is -4.53. The maximum Gasteiger partial charge on any atom is 0.424 e. The van der Waals surface area contributed by atoms with Crippen molar-refractivity contribution in [2.75, 3.05) is 12.4 Å². The van der Waals surface area contributed by atoms with Gasteiger partial charge >= 0.3 is 11.5 Å². The van der Waals surface area contributed by atoms with Crippen LogP contribution in [0.1, 0.15) is 0 Å². The number of H-pyrrole nitrogens is 1. The summed E-state index contributed by atoms with van der Waals surface area (Å²) in [5.74, 6) is 0.176. The highest BCUT2D eigenvalue weighted by atomic mass is 19.1. The highest BCUT2D eigenvalue weighted by molar-refractivity contribution is 5.94. The number of amides is 1. The van der Waals surface area contributed by atoms with Gasteiger partial charge in [-0.25, -0.2) is 14.2 Å². The Morgan fingerprint density at radius 2 is 1.79 bits per heavy atom. The number of aromatic amines is 1. The summed E-state index contributed by atoms with van der Waals surface area (Å²) in [6.45, 7) is -0.223. The van der Waals surface area contributed by atoms with Crippen LogP contribution < -0.4 is 20.7 Å². The molecule has 0 atom stereocenters. The summed E-state index contributed by atoms with van der Waals surface area (Å²) in [5.41, 5.74) is 1.71. The quantitative estimate of drug-likeness (QED) is 0.451. The van der Waals surface area contributed by atoms with Gasteiger partial charge in [-0.2, -0.15) is 0 Å². The van der Waals surface area contributed by atoms with E-state index in [2.05, 4.69) is 15.4 Å². The summed E-state index contributed by atoms with van der Waals surface area (Å²) >= 11 is 0. The van der Waals surface area contributed by atoms with Gasteiger partial charge in [-0.1, -0.05) is 24.3 Å². The molecule has 3 aromatic carbocycles. The first kappa shape index (κ1) is 20.4. The van der Waals surface area contributed by atoms with E-state index in [-0.39, 0.29) is 18.3 Å². The number of nitrogens with zero attached hydrogens (tertiary/aromatic N) is 3. The molecule has 1 amide bonds. The number of carbonyl (C=O) groups excluding carboxylic acids is 1. The van der Waals surface area contributed by atoms with Crippen molar-refractivity contribution in [2.24, 2.45) is 0 Å². The molecule has 164 valence electrons. The van der Waals surface area contributed by atoms with Gasteiger partial charge in [-0.3, -0.25) is 9.36 Å². The van der Waals surface area contributed by atoms with Crippen LogP contribution in [0.5, 0.6) is 5.75 Å². The van der Waals surface area contributed by atoms with E-state index in [9.17, 15) is 14.0 Å². The average Bonchev–Trinajstić information content (AvgIpc) is 3.28. The third kappa shape index (κ3) is 3.69. The second kappa shape index (κ2) is 8.19. The molecule has 0 aliphatic heterocycles. The Bertz CT molecular complexity index is 1560. The van der Waals surface area contributed by atoms with Gasteiger partial charge < -0.3 is 10.1 Å². The number of carbonyl (C=O) groups is 1. The molecule has 0 fully saturated rings. The fraction of sp³-hybridized carbons (Fsp3) is 0.0833. The zero-order chi connectivity index (χ0) is 22.9. The van der Waals surface area contributed by atoms with Gasteiger partial charge in [0.25, 0.3) is 5.65 Å². The summed E-state index contributed by atoms with van der Waals surface area (Å²) in [6, 6.07) is 20.1. The Morgan fingerprint density at radius 1 is 1.06 bits per heavy atom. The fourth-order valence-electron chi connectivity index (χ4n) is 3.76. The van der Waals surface area contributed by atoms with E-state index in [0.29, 0.717) is 39.4 Å². The van der Waals surface area contributed by atoms with Crippen molar-refractivity contribution in [3.8, 4) is 17.1 Å². The molecule has 5 rings (SSSR count). The molecule has 8 nitrogen and oxygen atoms in total. The topological polar surface area (TPSA) is 91.8 Å². The highest BCUT2D eigenvalue weighted by Crippen LogP contribution is 2.23. The van der Waals surface area contributed by atoms with E-state index >= 15 is 0 Å². The predicted molar refractivity (Wildman–Crippen MR) is 121 cm³/mol. The number of halogens is 1. The molecule has 2 heterocycles. The minimum atomic E-state index is -0.483. The average molecular weight is 444 g/mol. The second-order valence-electron chi connectivity index (χ2n) is 7.38. The third-order valence-corrected chi connectivity index (χ3v) is 5.31. The van der Waals surface area contributed by atoms with Crippen LogP contribution in [0.4, 0.5) is 10.1 Å². The normalized spacial score (nSPS) is 11.1. The maximum atomic E-state index is 13.3. The number of ether oxygens (including phenoxy) is 1. The van der Waals surface area contributed by atoms with Crippen LogP contribution >= 0.6 is 0 Å². The summed E-state index contributed by atoms with van der Waals surface area (Å²) in [6.07, 6.45) is 0. The largest absolute Gasteiger partial charge is 0.495 e. The smallest absolute Gasteiger partial charge is 0.424 e. The van der Waals surface area contributed by atoms with Gasteiger partial charge in [0.15, 0.2) is 0 Å². The third-order valence-electron chi connectivity index (χ3n) is 5.31. The van der Waals surface area contributed by atoms with E-state index in [4.69, 9.17) is 4.74 Å². The Balaban J connectivity index is 1.59. The molecule has 0 aliphatic carbocycles. The molecule has 0 saturated heterocycles. The van der Waals surface area contributed by atoms with Crippen LogP contribution in [0.2, 0.25) is 0 Å². The SMILES string of the molecule is COc1ccccc1NC(=O)Cn1c(=O)n2nc(-c3ccc(F)cc3)[nH+]c2c2ccccc21. The summed E-state index contributed by atoms with van der Waals surface area (Å²) in [7, 11) is 1.52. The van der Waals surface area contributed by atoms with E-state index in [1.807, 2.05) is 12.1 Å². The lowest BCUT2D eigenvalue weighted by Crippen LogP contribution is -2.33. The number of hydrogen-bond acceptors (Lipinski definition) is 4. The minimum absolute atomic E-state index is 0.223. The number of hydrogen-bond donors (Lipinski definition) is 1. The van der Waals surface area contributed by atoms with Crippen LogP contribution in [0, 0.1) is 5.82 Å². The van der Waals surface area contributed by atoms with Crippen molar-refractivity contribution in [1.82, 2.24) is 14.2 Å². The molecule has 0 aliphatic rings. The number of fused-ring (bicyclic) bond motifs is 3. The molecule has 0 spiro atoms. The zero-order valence-corrected chi connectivity index (χ0v) is 17.6. The lowest BCUT2D eigenvalue weighted by Gasteiger charge is -2.11. The molecule has 0 radical (unpaired) electrons. The number of methoxy groups -OCH3 is 1.